The lowest BCUT2D eigenvalue weighted by Crippen LogP contribution is -2.38. The van der Waals surface area contributed by atoms with Gasteiger partial charge < -0.3 is 15.3 Å². The predicted molar refractivity (Wildman–Crippen MR) is 79.3 cm³/mol. The highest BCUT2D eigenvalue weighted by atomic mass is 16.4. The first-order chi connectivity index (χ1) is 10.6. The first kappa shape index (κ1) is 14.9. The first-order valence-corrected chi connectivity index (χ1v) is 7.93. The van der Waals surface area contributed by atoms with Gasteiger partial charge in [0, 0.05) is 19.3 Å². The van der Waals surface area contributed by atoms with E-state index in [9.17, 15) is 9.59 Å². The van der Waals surface area contributed by atoms with Crippen molar-refractivity contribution in [1.29, 1.82) is 0 Å². The molecular weight excluding hydrogens is 284 g/mol. The third-order valence-corrected chi connectivity index (χ3v) is 4.61. The van der Waals surface area contributed by atoms with E-state index in [1.165, 1.54) is 25.7 Å². The van der Waals surface area contributed by atoms with E-state index in [4.69, 9.17) is 5.11 Å². The Balaban J connectivity index is 1.48. The SMILES string of the molecule is O=C(O)C1CCN(C(=O)NCc2ccn(C3CCCC3)n2)C1. The van der Waals surface area contributed by atoms with E-state index in [0.29, 0.717) is 25.6 Å². The monoisotopic (exact) mass is 306 g/mol. The van der Waals surface area contributed by atoms with Gasteiger partial charge in [-0.3, -0.25) is 9.48 Å². The second kappa shape index (κ2) is 6.37. The van der Waals surface area contributed by atoms with Gasteiger partial charge in [0.2, 0.25) is 0 Å². The summed E-state index contributed by atoms with van der Waals surface area (Å²) in [7, 11) is 0. The number of carbonyl (C=O) groups excluding carboxylic acids is 1. The van der Waals surface area contributed by atoms with E-state index in [-0.39, 0.29) is 12.6 Å². The number of amides is 2. The number of nitrogens with one attached hydrogen (secondary N) is 1. The standard InChI is InChI=1S/C15H22N4O3/c20-14(21)11-5-7-18(10-11)15(22)16-9-12-6-8-19(17-12)13-3-1-2-4-13/h6,8,11,13H,1-5,7,9-10H2,(H,16,22)(H,20,21). The summed E-state index contributed by atoms with van der Waals surface area (Å²) in [6.07, 6.45) is 7.38. The third kappa shape index (κ3) is 3.23. The van der Waals surface area contributed by atoms with Gasteiger partial charge in [-0.1, -0.05) is 12.8 Å². The highest BCUT2D eigenvalue weighted by Gasteiger charge is 2.30. The number of likely N-dealkylation sites (tertiary alicyclic amines) is 1. The summed E-state index contributed by atoms with van der Waals surface area (Å²) in [6.45, 7) is 1.17. The summed E-state index contributed by atoms with van der Waals surface area (Å²) < 4.78 is 2.00. The quantitative estimate of drug-likeness (QED) is 0.884. The minimum absolute atomic E-state index is 0.209. The second-order valence-electron chi connectivity index (χ2n) is 6.15. The maximum Gasteiger partial charge on any atom is 0.317 e. The van der Waals surface area contributed by atoms with Gasteiger partial charge in [0.15, 0.2) is 0 Å². The van der Waals surface area contributed by atoms with Crippen LogP contribution in [0.5, 0.6) is 0 Å². The second-order valence-corrected chi connectivity index (χ2v) is 6.15. The van der Waals surface area contributed by atoms with Gasteiger partial charge >= 0.3 is 12.0 Å². The molecular formula is C15H22N4O3. The number of carboxylic acid groups (broad SMARTS) is 1. The number of urea groups is 1. The van der Waals surface area contributed by atoms with Crippen LogP contribution < -0.4 is 5.32 Å². The van der Waals surface area contributed by atoms with Crippen LogP contribution in [-0.4, -0.2) is 44.9 Å². The van der Waals surface area contributed by atoms with Crippen LogP contribution in [0.1, 0.15) is 43.8 Å². The molecule has 1 saturated carbocycles. The zero-order valence-electron chi connectivity index (χ0n) is 12.6. The van der Waals surface area contributed by atoms with Gasteiger partial charge in [-0.2, -0.15) is 5.10 Å². The molecule has 7 heteroatoms. The third-order valence-electron chi connectivity index (χ3n) is 4.61. The van der Waals surface area contributed by atoms with Gasteiger partial charge in [-0.25, -0.2) is 4.79 Å². The Morgan fingerprint density at radius 1 is 1.32 bits per heavy atom. The van der Waals surface area contributed by atoms with Crippen molar-refractivity contribution in [1.82, 2.24) is 20.0 Å². The summed E-state index contributed by atoms with van der Waals surface area (Å²) in [5.41, 5.74) is 0.842. The molecule has 0 radical (unpaired) electrons. The molecule has 1 aliphatic carbocycles. The number of hydrogen-bond donors (Lipinski definition) is 2. The molecule has 0 bridgehead atoms. The van der Waals surface area contributed by atoms with Crippen LogP contribution in [0.3, 0.4) is 0 Å². The number of carbonyl (C=O) groups is 2. The average Bonchev–Trinajstić information content (AvgIpc) is 3.23. The number of nitrogens with zero attached hydrogens (tertiary/aromatic N) is 3. The molecule has 3 rings (SSSR count). The molecule has 2 aliphatic rings. The molecule has 1 aliphatic heterocycles. The normalized spacial score (nSPS) is 22.2. The fraction of sp³-hybridized carbons (Fsp3) is 0.667. The zero-order valence-corrected chi connectivity index (χ0v) is 12.6. The Morgan fingerprint density at radius 3 is 2.77 bits per heavy atom. The molecule has 0 aromatic carbocycles. The highest BCUT2D eigenvalue weighted by Crippen LogP contribution is 2.28. The summed E-state index contributed by atoms with van der Waals surface area (Å²) in [4.78, 5) is 24.5. The molecule has 2 N–H and O–H groups in total. The van der Waals surface area contributed by atoms with Crippen LogP contribution >= 0.6 is 0 Å². The van der Waals surface area contributed by atoms with Crippen LogP contribution in [-0.2, 0) is 11.3 Å². The summed E-state index contributed by atoms with van der Waals surface area (Å²) >= 11 is 0. The molecule has 2 heterocycles. The predicted octanol–water partition coefficient (Wildman–Crippen LogP) is 1.61. The Bertz CT molecular complexity index is 551. The van der Waals surface area contributed by atoms with Crippen molar-refractivity contribution in [2.45, 2.75) is 44.7 Å². The molecule has 7 nitrogen and oxygen atoms in total. The smallest absolute Gasteiger partial charge is 0.317 e. The lowest BCUT2D eigenvalue weighted by atomic mass is 10.1. The minimum Gasteiger partial charge on any atom is -0.481 e. The van der Waals surface area contributed by atoms with Gasteiger partial charge in [0.1, 0.15) is 0 Å². The van der Waals surface area contributed by atoms with E-state index in [2.05, 4.69) is 10.4 Å². The lowest BCUT2D eigenvalue weighted by molar-refractivity contribution is -0.141. The summed E-state index contributed by atoms with van der Waals surface area (Å²) in [5.74, 6) is -1.27. The molecule has 2 amide bonds. The summed E-state index contributed by atoms with van der Waals surface area (Å²) in [6, 6.07) is 2.22. The van der Waals surface area contributed by atoms with Crippen LogP contribution in [0.2, 0.25) is 0 Å². The lowest BCUT2D eigenvalue weighted by Gasteiger charge is -2.16. The van der Waals surface area contributed by atoms with E-state index < -0.39 is 11.9 Å². The van der Waals surface area contributed by atoms with Gasteiger partial charge in [0.05, 0.1) is 24.2 Å². The fourth-order valence-electron chi connectivity index (χ4n) is 3.27. The maximum atomic E-state index is 12.0. The molecule has 120 valence electrons. The van der Waals surface area contributed by atoms with Crippen molar-refractivity contribution < 1.29 is 14.7 Å². The topological polar surface area (TPSA) is 87.5 Å². The molecule has 2 fully saturated rings. The summed E-state index contributed by atoms with van der Waals surface area (Å²) in [5, 5.41) is 16.3. The highest BCUT2D eigenvalue weighted by molar-refractivity contribution is 5.77. The number of aliphatic carboxylic acids is 1. The van der Waals surface area contributed by atoms with Gasteiger partial charge in [-0.15, -0.1) is 0 Å². The van der Waals surface area contributed by atoms with E-state index in [1.807, 2.05) is 16.9 Å². The van der Waals surface area contributed by atoms with Crippen molar-refractivity contribution in [2.75, 3.05) is 13.1 Å². The van der Waals surface area contributed by atoms with Gasteiger partial charge in [0.25, 0.3) is 0 Å². The maximum absolute atomic E-state index is 12.0. The van der Waals surface area contributed by atoms with Crippen molar-refractivity contribution in [3.63, 3.8) is 0 Å². The van der Waals surface area contributed by atoms with Crippen LogP contribution in [0.25, 0.3) is 0 Å². The number of rotatable bonds is 4. The Hall–Kier alpha value is -2.05. The fourth-order valence-corrected chi connectivity index (χ4v) is 3.27. The molecule has 1 unspecified atom stereocenters. The van der Waals surface area contributed by atoms with Crippen molar-refractivity contribution in [3.8, 4) is 0 Å². The molecule has 0 spiro atoms. The van der Waals surface area contributed by atoms with E-state index in [1.54, 1.807) is 4.90 Å². The molecule has 1 atom stereocenters. The van der Waals surface area contributed by atoms with E-state index in [0.717, 1.165) is 5.69 Å². The minimum atomic E-state index is -0.828. The van der Waals surface area contributed by atoms with Crippen molar-refractivity contribution in [2.24, 2.45) is 5.92 Å². The first-order valence-electron chi connectivity index (χ1n) is 7.93. The number of hydrogen-bond acceptors (Lipinski definition) is 3. The average molecular weight is 306 g/mol. The Labute approximate surface area is 129 Å². The van der Waals surface area contributed by atoms with Gasteiger partial charge in [-0.05, 0) is 25.3 Å². The molecule has 22 heavy (non-hydrogen) atoms. The van der Waals surface area contributed by atoms with Crippen LogP contribution in [0, 0.1) is 5.92 Å². The molecule has 1 saturated heterocycles. The van der Waals surface area contributed by atoms with E-state index >= 15 is 0 Å². The largest absolute Gasteiger partial charge is 0.481 e. The van der Waals surface area contributed by atoms with Crippen molar-refractivity contribution in [3.05, 3.63) is 18.0 Å². The van der Waals surface area contributed by atoms with Crippen molar-refractivity contribution >= 4 is 12.0 Å². The zero-order chi connectivity index (χ0) is 15.5. The molecule has 1 aromatic rings. The number of carboxylic acids is 1. The number of aromatic nitrogens is 2. The van der Waals surface area contributed by atoms with Crippen LogP contribution in [0.15, 0.2) is 12.3 Å². The van der Waals surface area contributed by atoms with Crippen LogP contribution in [0.4, 0.5) is 4.79 Å². The molecule has 1 aromatic heterocycles. The Kier molecular flexibility index (Phi) is 4.31. The Morgan fingerprint density at radius 2 is 2.09 bits per heavy atom.